The number of halogens is 2. The zero-order chi connectivity index (χ0) is 19.7. The van der Waals surface area contributed by atoms with Crippen molar-refractivity contribution in [3.05, 3.63) is 76.1 Å². The van der Waals surface area contributed by atoms with Gasteiger partial charge in [-0.05, 0) is 55.5 Å². The van der Waals surface area contributed by atoms with Crippen molar-refractivity contribution in [1.82, 2.24) is 14.7 Å². The van der Waals surface area contributed by atoms with Crippen molar-refractivity contribution in [2.24, 2.45) is 0 Å². The van der Waals surface area contributed by atoms with Gasteiger partial charge in [-0.3, -0.25) is 4.40 Å². The number of imidazole rings is 1. The van der Waals surface area contributed by atoms with Crippen molar-refractivity contribution in [3.8, 4) is 11.3 Å². The molecule has 0 saturated heterocycles. The highest BCUT2D eigenvalue weighted by atomic mass is 35.5. The summed E-state index contributed by atoms with van der Waals surface area (Å²) in [6.45, 7) is 2.37. The van der Waals surface area contributed by atoms with Gasteiger partial charge in [-0.15, -0.1) is 0 Å². The van der Waals surface area contributed by atoms with Crippen LogP contribution in [-0.2, 0) is 6.54 Å². The van der Waals surface area contributed by atoms with Crippen LogP contribution >= 0.6 is 22.9 Å². The number of amides is 2. The van der Waals surface area contributed by atoms with Crippen LogP contribution in [0.1, 0.15) is 10.6 Å². The highest BCUT2D eigenvalue weighted by molar-refractivity contribution is 7.17. The molecule has 0 fully saturated rings. The molecule has 2 N–H and O–H groups in total. The van der Waals surface area contributed by atoms with Crippen LogP contribution in [0, 0.1) is 12.7 Å². The molecule has 8 heteroatoms. The van der Waals surface area contributed by atoms with E-state index in [9.17, 15) is 9.18 Å². The topological polar surface area (TPSA) is 58.4 Å². The number of nitrogens with one attached hydrogen (secondary N) is 2. The number of rotatable bonds is 4. The second kappa shape index (κ2) is 7.61. The van der Waals surface area contributed by atoms with Gasteiger partial charge in [0.1, 0.15) is 5.82 Å². The van der Waals surface area contributed by atoms with Crippen LogP contribution in [-0.4, -0.2) is 15.4 Å². The smallest absolute Gasteiger partial charge is 0.319 e. The van der Waals surface area contributed by atoms with E-state index in [-0.39, 0.29) is 11.8 Å². The quantitative estimate of drug-likeness (QED) is 0.464. The number of carbonyl (C=O) groups excluding carboxylic acids is 1. The van der Waals surface area contributed by atoms with Gasteiger partial charge >= 0.3 is 6.03 Å². The van der Waals surface area contributed by atoms with Crippen LogP contribution in [0.5, 0.6) is 0 Å². The molecule has 0 radical (unpaired) electrons. The summed E-state index contributed by atoms with van der Waals surface area (Å²) < 4.78 is 15.1. The van der Waals surface area contributed by atoms with Gasteiger partial charge in [0.15, 0.2) is 4.96 Å². The number of aryl methyl sites for hydroxylation is 1. The molecule has 28 heavy (non-hydrogen) atoms. The maximum absolute atomic E-state index is 13.1. The summed E-state index contributed by atoms with van der Waals surface area (Å²) in [6, 6.07) is 12.9. The number of anilines is 1. The third-order valence-electron chi connectivity index (χ3n) is 4.30. The molecule has 2 heterocycles. The summed E-state index contributed by atoms with van der Waals surface area (Å²) in [4.78, 5) is 18.6. The molecule has 142 valence electrons. The Morgan fingerprint density at radius 3 is 2.57 bits per heavy atom. The second-order valence-electron chi connectivity index (χ2n) is 6.21. The van der Waals surface area contributed by atoms with Gasteiger partial charge in [0.05, 0.1) is 12.2 Å². The average molecular weight is 415 g/mol. The molecule has 0 spiro atoms. The highest BCUT2D eigenvalue weighted by Gasteiger charge is 2.13. The lowest BCUT2D eigenvalue weighted by Gasteiger charge is -2.07. The summed E-state index contributed by atoms with van der Waals surface area (Å²) in [5.41, 5.74) is 3.32. The molecular formula is C20H16ClFN4OS. The van der Waals surface area contributed by atoms with E-state index < -0.39 is 0 Å². The monoisotopic (exact) mass is 414 g/mol. The first-order valence-electron chi connectivity index (χ1n) is 8.53. The molecule has 0 unspecified atom stereocenters. The van der Waals surface area contributed by atoms with Gasteiger partial charge in [-0.1, -0.05) is 22.9 Å². The average Bonchev–Trinajstić information content (AvgIpc) is 3.22. The molecular weight excluding hydrogens is 399 g/mol. The summed E-state index contributed by atoms with van der Waals surface area (Å²) in [6.07, 6.45) is 1.92. The molecule has 0 aliphatic heterocycles. The fourth-order valence-corrected chi connectivity index (χ4v) is 3.96. The maximum Gasteiger partial charge on any atom is 0.319 e. The maximum atomic E-state index is 13.1. The third-order valence-corrected chi connectivity index (χ3v) is 5.71. The Bertz CT molecular complexity index is 1140. The van der Waals surface area contributed by atoms with Gasteiger partial charge in [0, 0.05) is 33.0 Å². The molecule has 0 bridgehead atoms. The summed E-state index contributed by atoms with van der Waals surface area (Å²) in [5.74, 6) is -0.272. The standard InChI is InChI=1S/C20H16ClFN4OS/c1-12-18(10-23-19(27)24-16-8-4-14(21)5-9-16)28-20-25-17(11-26(12)20)13-2-6-15(22)7-3-13/h2-9,11H,10H2,1H3,(H2,23,24,27). The summed E-state index contributed by atoms with van der Waals surface area (Å²) in [5, 5.41) is 6.23. The number of fused-ring (bicyclic) bond motifs is 1. The van der Waals surface area contributed by atoms with Gasteiger partial charge in [-0.25, -0.2) is 14.2 Å². The fourth-order valence-electron chi connectivity index (χ4n) is 2.79. The van der Waals surface area contributed by atoms with Crippen LogP contribution in [0.25, 0.3) is 16.2 Å². The summed E-state index contributed by atoms with van der Waals surface area (Å²) >= 11 is 7.35. The highest BCUT2D eigenvalue weighted by Crippen LogP contribution is 2.27. The molecule has 2 aromatic heterocycles. The van der Waals surface area contributed by atoms with Crippen LogP contribution in [0.3, 0.4) is 0 Å². The number of thiazole rings is 1. The zero-order valence-electron chi connectivity index (χ0n) is 14.9. The lowest BCUT2D eigenvalue weighted by molar-refractivity contribution is 0.252. The van der Waals surface area contributed by atoms with E-state index >= 15 is 0 Å². The van der Waals surface area contributed by atoms with E-state index in [1.807, 2.05) is 17.5 Å². The minimum Gasteiger partial charge on any atom is -0.333 e. The Morgan fingerprint density at radius 2 is 1.89 bits per heavy atom. The number of carbonyl (C=O) groups is 1. The normalized spacial score (nSPS) is 11.0. The van der Waals surface area contributed by atoms with Crippen LogP contribution < -0.4 is 10.6 Å². The number of benzene rings is 2. The van der Waals surface area contributed by atoms with E-state index in [1.54, 1.807) is 36.4 Å². The van der Waals surface area contributed by atoms with Crippen molar-refractivity contribution < 1.29 is 9.18 Å². The second-order valence-corrected chi connectivity index (χ2v) is 7.71. The van der Waals surface area contributed by atoms with Crippen molar-refractivity contribution in [1.29, 1.82) is 0 Å². The minimum absolute atomic E-state index is 0.272. The Kier molecular flexibility index (Phi) is 5.02. The number of nitrogens with zero attached hydrogens (tertiary/aromatic N) is 2. The zero-order valence-corrected chi connectivity index (χ0v) is 16.4. The Balaban J connectivity index is 1.45. The summed E-state index contributed by atoms with van der Waals surface area (Å²) in [7, 11) is 0. The lowest BCUT2D eigenvalue weighted by atomic mass is 10.2. The molecule has 0 atom stereocenters. The number of urea groups is 1. The van der Waals surface area contributed by atoms with Gasteiger partial charge in [-0.2, -0.15) is 0 Å². The van der Waals surface area contributed by atoms with E-state index in [4.69, 9.17) is 11.6 Å². The van der Waals surface area contributed by atoms with Crippen molar-refractivity contribution in [2.75, 3.05) is 5.32 Å². The number of hydrogen-bond acceptors (Lipinski definition) is 3. The molecule has 4 aromatic rings. The van der Waals surface area contributed by atoms with Crippen molar-refractivity contribution in [3.63, 3.8) is 0 Å². The molecule has 2 amide bonds. The first kappa shape index (κ1) is 18.5. The van der Waals surface area contributed by atoms with E-state index in [0.717, 1.165) is 26.8 Å². The van der Waals surface area contributed by atoms with E-state index in [1.165, 1.54) is 23.5 Å². The predicted octanol–water partition coefficient (Wildman–Crippen LogP) is 5.49. The Morgan fingerprint density at radius 1 is 1.18 bits per heavy atom. The third kappa shape index (κ3) is 3.85. The Labute approximate surface area is 169 Å². The van der Waals surface area contributed by atoms with Gasteiger partial charge in [0.2, 0.25) is 0 Å². The molecule has 0 aliphatic rings. The van der Waals surface area contributed by atoms with E-state index in [2.05, 4.69) is 15.6 Å². The fraction of sp³-hybridized carbons (Fsp3) is 0.100. The molecule has 0 saturated carbocycles. The van der Waals surface area contributed by atoms with E-state index in [0.29, 0.717) is 17.3 Å². The first-order chi connectivity index (χ1) is 13.5. The van der Waals surface area contributed by atoms with Crippen LogP contribution in [0.4, 0.5) is 14.9 Å². The minimum atomic E-state index is -0.292. The largest absolute Gasteiger partial charge is 0.333 e. The van der Waals surface area contributed by atoms with Crippen molar-refractivity contribution in [2.45, 2.75) is 13.5 Å². The SMILES string of the molecule is Cc1c(CNC(=O)Nc2ccc(Cl)cc2)sc2nc(-c3ccc(F)cc3)cn12. The van der Waals surface area contributed by atoms with Gasteiger partial charge in [0.25, 0.3) is 0 Å². The van der Waals surface area contributed by atoms with Crippen molar-refractivity contribution >= 4 is 39.6 Å². The van der Waals surface area contributed by atoms with Crippen LogP contribution in [0.15, 0.2) is 54.7 Å². The van der Waals surface area contributed by atoms with Gasteiger partial charge < -0.3 is 10.6 Å². The predicted molar refractivity (Wildman–Crippen MR) is 111 cm³/mol. The number of hydrogen-bond donors (Lipinski definition) is 2. The Hall–Kier alpha value is -2.90. The first-order valence-corrected chi connectivity index (χ1v) is 9.73. The molecule has 4 rings (SSSR count). The number of aromatic nitrogens is 2. The van der Waals surface area contributed by atoms with Crippen LogP contribution in [0.2, 0.25) is 5.02 Å². The lowest BCUT2D eigenvalue weighted by Crippen LogP contribution is -2.28. The molecule has 2 aromatic carbocycles. The molecule has 5 nitrogen and oxygen atoms in total. The molecule has 0 aliphatic carbocycles.